The monoisotopic (exact) mass is 434 g/mol. The molecule has 0 spiro atoms. The van der Waals surface area contributed by atoms with Gasteiger partial charge in [0.2, 0.25) is 0 Å². The number of hydrogen-bond acceptors (Lipinski definition) is 4. The molecule has 0 radical (unpaired) electrons. The maximum Gasteiger partial charge on any atom is 0.124 e. The van der Waals surface area contributed by atoms with Crippen molar-refractivity contribution in [3.63, 3.8) is 0 Å². The van der Waals surface area contributed by atoms with E-state index in [-0.39, 0.29) is 5.75 Å². The Bertz CT molecular complexity index is 1390. The van der Waals surface area contributed by atoms with Crippen LogP contribution in [0, 0.1) is 6.92 Å². The molecule has 0 amide bonds. The number of para-hydroxylation sites is 1. The van der Waals surface area contributed by atoms with Gasteiger partial charge in [-0.15, -0.1) is 11.3 Å². The average molecular weight is 435 g/mol. The molecule has 5 rings (SSSR count). The zero-order valence-corrected chi connectivity index (χ0v) is 18.5. The van der Waals surface area contributed by atoms with E-state index < -0.39 is 0 Å². The second-order valence-corrected chi connectivity index (χ2v) is 8.83. The van der Waals surface area contributed by atoms with Crippen LogP contribution < -0.4 is 0 Å². The van der Waals surface area contributed by atoms with E-state index in [1.807, 2.05) is 55.5 Å². The SMILES string of the molecule is Cc1ccc(-c2nc3ccccc3s2)cc1N=Cc1cc(Cc2ccccc2)ccc1O. The Morgan fingerprint density at radius 2 is 1.69 bits per heavy atom. The van der Waals surface area contributed by atoms with Crippen molar-refractivity contribution in [1.29, 1.82) is 0 Å². The minimum atomic E-state index is 0.227. The summed E-state index contributed by atoms with van der Waals surface area (Å²) in [5.74, 6) is 0.227. The zero-order valence-electron chi connectivity index (χ0n) is 17.7. The molecule has 5 aromatic rings. The topological polar surface area (TPSA) is 45.5 Å². The summed E-state index contributed by atoms with van der Waals surface area (Å²) in [4.78, 5) is 9.48. The van der Waals surface area contributed by atoms with Crippen LogP contribution in [0.15, 0.2) is 96.0 Å². The lowest BCUT2D eigenvalue weighted by molar-refractivity contribution is 0.474. The first-order valence-corrected chi connectivity index (χ1v) is 11.3. The molecule has 0 atom stereocenters. The van der Waals surface area contributed by atoms with E-state index >= 15 is 0 Å². The molecule has 0 aliphatic rings. The number of aliphatic imine (C=N–C) groups is 1. The molecule has 0 aliphatic carbocycles. The largest absolute Gasteiger partial charge is 0.507 e. The Hall–Kier alpha value is -3.76. The fourth-order valence-electron chi connectivity index (χ4n) is 3.67. The summed E-state index contributed by atoms with van der Waals surface area (Å²) in [5.41, 5.74) is 7.09. The Morgan fingerprint density at radius 1 is 0.875 bits per heavy atom. The minimum Gasteiger partial charge on any atom is -0.507 e. The van der Waals surface area contributed by atoms with Gasteiger partial charge in [0.25, 0.3) is 0 Å². The lowest BCUT2D eigenvalue weighted by atomic mass is 10.0. The maximum atomic E-state index is 10.4. The first-order chi connectivity index (χ1) is 15.7. The fourth-order valence-corrected chi connectivity index (χ4v) is 4.63. The summed E-state index contributed by atoms with van der Waals surface area (Å²) in [6, 6.07) is 30.4. The Morgan fingerprint density at radius 3 is 2.53 bits per heavy atom. The molecule has 0 bridgehead atoms. The number of fused-ring (bicyclic) bond motifs is 1. The van der Waals surface area contributed by atoms with E-state index in [9.17, 15) is 5.11 Å². The van der Waals surface area contributed by atoms with Crippen LogP contribution >= 0.6 is 11.3 Å². The predicted molar refractivity (Wildman–Crippen MR) is 134 cm³/mol. The van der Waals surface area contributed by atoms with Crippen LogP contribution in [0.1, 0.15) is 22.3 Å². The second kappa shape index (κ2) is 8.77. The normalized spacial score (nSPS) is 11.4. The zero-order chi connectivity index (χ0) is 21.9. The van der Waals surface area contributed by atoms with E-state index in [0.717, 1.165) is 39.3 Å². The molecule has 0 fully saturated rings. The van der Waals surface area contributed by atoms with Gasteiger partial charge in [0.1, 0.15) is 10.8 Å². The van der Waals surface area contributed by atoms with Crippen LogP contribution in [0.25, 0.3) is 20.8 Å². The number of thiazole rings is 1. The van der Waals surface area contributed by atoms with Gasteiger partial charge in [-0.1, -0.05) is 60.7 Å². The van der Waals surface area contributed by atoms with Crippen molar-refractivity contribution in [2.75, 3.05) is 0 Å². The number of aromatic nitrogens is 1. The van der Waals surface area contributed by atoms with Crippen molar-refractivity contribution in [1.82, 2.24) is 4.98 Å². The fraction of sp³-hybridized carbons (Fsp3) is 0.0714. The molecule has 4 heteroatoms. The Balaban J connectivity index is 1.44. The van der Waals surface area contributed by atoms with Crippen molar-refractivity contribution >= 4 is 33.5 Å². The van der Waals surface area contributed by atoms with Gasteiger partial charge >= 0.3 is 0 Å². The van der Waals surface area contributed by atoms with Gasteiger partial charge in [0.15, 0.2) is 0 Å². The third kappa shape index (κ3) is 4.32. The van der Waals surface area contributed by atoms with Crippen molar-refractivity contribution in [3.05, 3.63) is 113 Å². The first-order valence-electron chi connectivity index (χ1n) is 10.5. The average Bonchev–Trinajstić information content (AvgIpc) is 3.25. The molecule has 156 valence electrons. The smallest absolute Gasteiger partial charge is 0.124 e. The van der Waals surface area contributed by atoms with E-state index in [4.69, 9.17) is 9.98 Å². The molecular formula is C28H22N2OS. The molecule has 3 nitrogen and oxygen atoms in total. The van der Waals surface area contributed by atoms with Gasteiger partial charge in [0, 0.05) is 17.3 Å². The Kier molecular flexibility index (Phi) is 5.53. The van der Waals surface area contributed by atoms with Gasteiger partial charge in [-0.25, -0.2) is 4.98 Å². The van der Waals surface area contributed by atoms with Crippen molar-refractivity contribution < 1.29 is 5.11 Å². The van der Waals surface area contributed by atoms with Gasteiger partial charge in [-0.3, -0.25) is 4.99 Å². The maximum absolute atomic E-state index is 10.4. The molecule has 0 aliphatic heterocycles. The van der Waals surface area contributed by atoms with Gasteiger partial charge < -0.3 is 5.11 Å². The highest BCUT2D eigenvalue weighted by Gasteiger charge is 2.08. The quantitative estimate of drug-likeness (QED) is 0.295. The third-order valence-corrected chi connectivity index (χ3v) is 6.52. The number of benzene rings is 4. The van der Waals surface area contributed by atoms with Crippen LogP contribution in [0.4, 0.5) is 5.69 Å². The summed E-state index contributed by atoms with van der Waals surface area (Å²) < 4.78 is 1.17. The van der Waals surface area contributed by atoms with E-state index in [1.54, 1.807) is 23.6 Å². The lowest BCUT2D eigenvalue weighted by Crippen LogP contribution is -1.91. The van der Waals surface area contributed by atoms with E-state index in [0.29, 0.717) is 5.56 Å². The molecule has 1 N–H and O–H groups in total. The highest BCUT2D eigenvalue weighted by molar-refractivity contribution is 7.21. The Labute approximate surface area is 191 Å². The molecule has 0 saturated carbocycles. The van der Waals surface area contributed by atoms with Gasteiger partial charge in [-0.05, 0) is 60.4 Å². The van der Waals surface area contributed by atoms with Crippen molar-refractivity contribution in [2.45, 2.75) is 13.3 Å². The molecule has 0 saturated heterocycles. The summed E-state index contributed by atoms with van der Waals surface area (Å²) in [5, 5.41) is 11.3. The minimum absolute atomic E-state index is 0.227. The summed E-state index contributed by atoms with van der Waals surface area (Å²) in [7, 11) is 0. The van der Waals surface area contributed by atoms with Crippen LogP contribution in [0.3, 0.4) is 0 Å². The van der Waals surface area contributed by atoms with Crippen molar-refractivity contribution in [3.8, 4) is 16.3 Å². The van der Waals surface area contributed by atoms with Crippen molar-refractivity contribution in [2.24, 2.45) is 4.99 Å². The number of phenolic OH excluding ortho intramolecular Hbond substituents is 1. The number of aromatic hydroxyl groups is 1. The first kappa shape index (κ1) is 20.2. The highest BCUT2D eigenvalue weighted by Crippen LogP contribution is 2.33. The lowest BCUT2D eigenvalue weighted by Gasteiger charge is -2.06. The number of phenols is 1. The third-order valence-electron chi connectivity index (χ3n) is 5.44. The number of rotatable bonds is 5. The molecule has 1 aromatic heterocycles. The van der Waals surface area contributed by atoms with Crippen LogP contribution in [0.2, 0.25) is 0 Å². The van der Waals surface area contributed by atoms with Crippen LogP contribution in [0.5, 0.6) is 5.75 Å². The van der Waals surface area contributed by atoms with Gasteiger partial charge in [-0.2, -0.15) is 0 Å². The molecule has 4 aromatic carbocycles. The van der Waals surface area contributed by atoms with E-state index in [2.05, 4.69) is 36.4 Å². The number of nitrogens with zero attached hydrogens (tertiary/aromatic N) is 2. The molecular weight excluding hydrogens is 412 g/mol. The highest BCUT2D eigenvalue weighted by atomic mass is 32.1. The van der Waals surface area contributed by atoms with Crippen LogP contribution in [-0.4, -0.2) is 16.3 Å². The summed E-state index contributed by atoms with van der Waals surface area (Å²) in [6.07, 6.45) is 2.56. The van der Waals surface area contributed by atoms with Gasteiger partial charge in [0.05, 0.1) is 15.9 Å². The molecule has 1 heterocycles. The van der Waals surface area contributed by atoms with E-state index in [1.165, 1.54) is 10.3 Å². The standard InChI is InChI=1S/C28H22N2OS/c1-19-11-13-22(28-30-24-9-5-6-10-27(24)32-28)17-25(19)29-18-23-16-21(12-14-26(23)31)15-20-7-3-2-4-8-20/h2-14,16-18,31H,15H2,1H3. The number of aryl methyl sites for hydroxylation is 1. The molecule has 0 unspecified atom stereocenters. The second-order valence-electron chi connectivity index (χ2n) is 7.80. The molecule has 32 heavy (non-hydrogen) atoms. The van der Waals surface area contributed by atoms with Crippen LogP contribution in [-0.2, 0) is 6.42 Å². The summed E-state index contributed by atoms with van der Waals surface area (Å²) >= 11 is 1.68. The predicted octanol–water partition coefficient (Wildman–Crippen LogP) is 7.32. The number of hydrogen-bond donors (Lipinski definition) is 1. The summed E-state index contributed by atoms with van der Waals surface area (Å²) in [6.45, 7) is 2.04.